The van der Waals surface area contributed by atoms with Crippen LogP contribution >= 0.6 is 0 Å². The lowest BCUT2D eigenvalue weighted by Gasteiger charge is -2.15. The zero-order valence-electron chi connectivity index (χ0n) is 11.1. The molecule has 0 aromatic carbocycles. The summed E-state index contributed by atoms with van der Waals surface area (Å²) < 4.78 is 9.58. The largest absolute Gasteiger partial charge is 0.463 e. The van der Waals surface area contributed by atoms with E-state index in [0.717, 1.165) is 19.3 Å². The second-order valence-electron chi connectivity index (χ2n) is 4.17. The topological polar surface area (TPSA) is 52.6 Å². The molecule has 0 spiro atoms. The third-order valence-corrected chi connectivity index (χ3v) is 1.93. The van der Waals surface area contributed by atoms with Gasteiger partial charge in [0.05, 0.1) is 6.10 Å². The van der Waals surface area contributed by atoms with E-state index in [0.29, 0.717) is 0 Å². The molecule has 0 amide bonds. The van der Waals surface area contributed by atoms with Crippen molar-refractivity contribution in [3.63, 3.8) is 0 Å². The zero-order valence-corrected chi connectivity index (χ0v) is 11.1. The van der Waals surface area contributed by atoms with E-state index in [1.54, 1.807) is 0 Å². The van der Waals surface area contributed by atoms with Crippen LogP contribution in [0.25, 0.3) is 0 Å². The monoisotopic (exact) mass is 242 g/mol. The highest BCUT2D eigenvalue weighted by molar-refractivity contribution is 5.66. The maximum atomic E-state index is 10.5. The van der Waals surface area contributed by atoms with Gasteiger partial charge in [0.25, 0.3) is 0 Å². The second kappa shape index (κ2) is 8.79. The van der Waals surface area contributed by atoms with E-state index >= 15 is 0 Å². The Morgan fingerprint density at radius 1 is 1.24 bits per heavy atom. The first kappa shape index (κ1) is 15.7. The van der Waals surface area contributed by atoms with Crippen molar-refractivity contribution < 1.29 is 19.1 Å². The normalized spacial score (nSPS) is 18.1. The molecule has 4 nitrogen and oxygen atoms in total. The van der Waals surface area contributed by atoms with Crippen LogP contribution in [0.15, 0.2) is 12.2 Å². The van der Waals surface area contributed by atoms with Crippen LogP contribution in [0.4, 0.5) is 0 Å². The van der Waals surface area contributed by atoms with E-state index in [9.17, 15) is 9.59 Å². The number of allylic oxidation sites excluding steroid dienone is 1. The molecule has 0 aromatic rings. The molecule has 1 aliphatic rings. The van der Waals surface area contributed by atoms with Crippen molar-refractivity contribution >= 4 is 11.9 Å². The molecular weight excluding hydrogens is 220 g/mol. The minimum atomic E-state index is -0.213. The van der Waals surface area contributed by atoms with Crippen LogP contribution < -0.4 is 0 Å². The molecule has 1 rings (SSSR count). The molecule has 0 saturated heterocycles. The molecule has 98 valence electrons. The first-order chi connectivity index (χ1) is 7.91. The molecular formula is C13H22O4. The SMILES string of the molecule is CC(=O)OC(C)C.CC(=O)OC1C=CCCC1. The van der Waals surface area contributed by atoms with Crippen LogP contribution in [-0.4, -0.2) is 24.1 Å². The van der Waals surface area contributed by atoms with Gasteiger partial charge < -0.3 is 9.47 Å². The molecule has 0 saturated carbocycles. The molecule has 0 fully saturated rings. The van der Waals surface area contributed by atoms with E-state index < -0.39 is 0 Å². The lowest BCUT2D eigenvalue weighted by atomic mass is 10.1. The predicted octanol–water partition coefficient (Wildman–Crippen LogP) is 2.62. The lowest BCUT2D eigenvalue weighted by Crippen LogP contribution is -2.15. The average molecular weight is 242 g/mol. The van der Waals surface area contributed by atoms with Gasteiger partial charge in [-0.25, -0.2) is 0 Å². The summed E-state index contributed by atoms with van der Waals surface area (Å²) in [6, 6.07) is 0. The molecule has 0 heterocycles. The van der Waals surface area contributed by atoms with E-state index in [2.05, 4.69) is 10.8 Å². The van der Waals surface area contributed by atoms with Crippen LogP contribution in [0.1, 0.15) is 47.0 Å². The molecule has 0 aliphatic heterocycles. The Morgan fingerprint density at radius 3 is 2.18 bits per heavy atom. The number of hydrogen-bond donors (Lipinski definition) is 0. The van der Waals surface area contributed by atoms with Crippen molar-refractivity contribution in [3.8, 4) is 0 Å². The van der Waals surface area contributed by atoms with Crippen LogP contribution in [-0.2, 0) is 19.1 Å². The Morgan fingerprint density at radius 2 is 1.88 bits per heavy atom. The summed E-state index contributed by atoms with van der Waals surface area (Å²) in [5, 5.41) is 0. The number of ether oxygens (including phenoxy) is 2. The molecule has 0 bridgehead atoms. The number of esters is 2. The third kappa shape index (κ3) is 11.0. The van der Waals surface area contributed by atoms with Crippen molar-refractivity contribution in [2.24, 2.45) is 0 Å². The smallest absolute Gasteiger partial charge is 0.303 e. The van der Waals surface area contributed by atoms with E-state index in [1.165, 1.54) is 13.8 Å². The van der Waals surface area contributed by atoms with Crippen molar-refractivity contribution in [1.82, 2.24) is 0 Å². The van der Waals surface area contributed by atoms with Gasteiger partial charge in [0.15, 0.2) is 0 Å². The van der Waals surface area contributed by atoms with Crippen molar-refractivity contribution in [2.75, 3.05) is 0 Å². The van der Waals surface area contributed by atoms with Gasteiger partial charge in [-0.15, -0.1) is 0 Å². The third-order valence-electron chi connectivity index (χ3n) is 1.93. The van der Waals surface area contributed by atoms with Crippen LogP contribution in [0.5, 0.6) is 0 Å². The summed E-state index contributed by atoms with van der Waals surface area (Å²) in [6.07, 6.45) is 7.34. The van der Waals surface area contributed by atoms with Crippen LogP contribution in [0.2, 0.25) is 0 Å². The van der Waals surface area contributed by atoms with E-state index in [-0.39, 0.29) is 24.1 Å². The maximum absolute atomic E-state index is 10.5. The Labute approximate surface area is 103 Å². The highest BCUT2D eigenvalue weighted by Gasteiger charge is 2.09. The van der Waals surface area contributed by atoms with Gasteiger partial charge in [0.1, 0.15) is 6.10 Å². The van der Waals surface area contributed by atoms with Crippen molar-refractivity contribution in [1.29, 1.82) is 0 Å². The fraction of sp³-hybridized carbons (Fsp3) is 0.692. The zero-order chi connectivity index (χ0) is 13.3. The Balaban J connectivity index is 0.000000325. The van der Waals surface area contributed by atoms with Crippen molar-refractivity contribution in [2.45, 2.75) is 59.2 Å². The van der Waals surface area contributed by atoms with Crippen LogP contribution in [0.3, 0.4) is 0 Å². The second-order valence-corrected chi connectivity index (χ2v) is 4.17. The summed E-state index contributed by atoms with van der Waals surface area (Å²) in [4.78, 5) is 20.5. The number of hydrogen-bond acceptors (Lipinski definition) is 4. The highest BCUT2D eigenvalue weighted by atomic mass is 16.5. The fourth-order valence-corrected chi connectivity index (χ4v) is 1.42. The molecule has 1 unspecified atom stereocenters. The van der Waals surface area contributed by atoms with Gasteiger partial charge >= 0.3 is 11.9 Å². The minimum Gasteiger partial charge on any atom is -0.463 e. The number of carbonyl (C=O) groups is 2. The lowest BCUT2D eigenvalue weighted by molar-refractivity contribution is -0.145. The van der Waals surface area contributed by atoms with Gasteiger partial charge in [-0.1, -0.05) is 6.08 Å². The van der Waals surface area contributed by atoms with E-state index in [1.807, 2.05) is 19.9 Å². The average Bonchev–Trinajstić information content (AvgIpc) is 2.16. The van der Waals surface area contributed by atoms with Gasteiger partial charge in [0.2, 0.25) is 0 Å². The molecule has 0 N–H and O–H groups in total. The Kier molecular flexibility index (Phi) is 8.11. The first-order valence-corrected chi connectivity index (χ1v) is 5.93. The van der Waals surface area contributed by atoms with Crippen molar-refractivity contribution in [3.05, 3.63) is 12.2 Å². The fourth-order valence-electron chi connectivity index (χ4n) is 1.42. The predicted molar refractivity (Wildman–Crippen MR) is 65.4 cm³/mol. The summed E-state index contributed by atoms with van der Waals surface area (Å²) in [7, 11) is 0. The standard InChI is InChI=1S/C8H12O2.C5H10O2/c1-7(9)10-8-5-3-2-4-6-8;1-4(2)7-5(3)6/h3,5,8H,2,4,6H2,1H3;4H,1-3H3. The minimum absolute atomic E-state index is 0.0255. The summed E-state index contributed by atoms with van der Waals surface area (Å²) >= 11 is 0. The van der Waals surface area contributed by atoms with Gasteiger partial charge in [0, 0.05) is 13.8 Å². The molecule has 1 aliphatic carbocycles. The molecule has 17 heavy (non-hydrogen) atoms. The van der Waals surface area contributed by atoms with Gasteiger partial charge in [-0.2, -0.15) is 0 Å². The van der Waals surface area contributed by atoms with Gasteiger partial charge in [-0.3, -0.25) is 9.59 Å². The summed E-state index contributed by atoms with van der Waals surface area (Å²) in [5.74, 6) is -0.397. The Bertz CT molecular complexity index is 269. The van der Waals surface area contributed by atoms with Crippen LogP contribution in [0, 0.1) is 0 Å². The summed E-state index contributed by atoms with van der Waals surface area (Å²) in [6.45, 7) is 6.49. The molecule has 1 atom stereocenters. The summed E-state index contributed by atoms with van der Waals surface area (Å²) in [5.41, 5.74) is 0. The maximum Gasteiger partial charge on any atom is 0.303 e. The first-order valence-electron chi connectivity index (χ1n) is 5.93. The molecule has 4 heteroatoms. The molecule has 0 aromatic heterocycles. The quantitative estimate of drug-likeness (QED) is 0.551. The van der Waals surface area contributed by atoms with E-state index in [4.69, 9.17) is 4.74 Å². The number of carbonyl (C=O) groups excluding carboxylic acids is 2. The highest BCUT2D eigenvalue weighted by Crippen LogP contribution is 2.13. The Hall–Kier alpha value is -1.32. The van der Waals surface area contributed by atoms with Gasteiger partial charge in [-0.05, 0) is 39.2 Å². The number of rotatable bonds is 2. The molecule has 0 radical (unpaired) electrons.